The van der Waals surface area contributed by atoms with Crippen molar-refractivity contribution in [2.24, 2.45) is 0 Å². The third-order valence-corrected chi connectivity index (χ3v) is 3.54. The Kier molecular flexibility index (Phi) is 2.35. The second-order valence-electron chi connectivity index (χ2n) is 4.63. The van der Waals surface area contributed by atoms with E-state index in [1.54, 1.807) is 0 Å². The Labute approximate surface area is 100 Å². The van der Waals surface area contributed by atoms with Crippen molar-refractivity contribution in [3.8, 4) is 6.07 Å². The van der Waals surface area contributed by atoms with Crippen LogP contribution in [0.15, 0.2) is 42.5 Å². The molecule has 2 aromatic carbocycles. The Bertz CT molecular complexity index is 588. The predicted octanol–water partition coefficient (Wildman–Crippen LogP) is 3.02. The summed E-state index contributed by atoms with van der Waals surface area (Å²) < 4.78 is 5.34. The molecule has 2 heteroatoms. The molecule has 1 fully saturated rings. The molecule has 0 bridgehead atoms. The summed E-state index contributed by atoms with van der Waals surface area (Å²) in [6.07, 6.45) is 0.529. The molecule has 17 heavy (non-hydrogen) atoms. The van der Waals surface area contributed by atoms with Gasteiger partial charge in [-0.05, 0) is 16.3 Å². The number of fused-ring (bicyclic) bond motifs is 1. The number of benzene rings is 2. The lowest BCUT2D eigenvalue weighted by Crippen LogP contribution is -2.46. The van der Waals surface area contributed by atoms with Crippen LogP contribution >= 0.6 is 0 Å². The summed E-state index contributed by atoms with van der Waals surface area (Å²) in [5.74, 6) is 0. The molecule has 0 amide bonds. The van der Waals surface area contributed by atoms with Crippen LogP contribution in [0.3, 0.4) is 0 Å². The lowest BCUT2D eigenvalue weighted by molar-refractivity contribution is -0.0569. The molecule has 0 spiro atoms. The Morgan fingerprint density at radius 3 is 2.59 bits per heavy atom. The van der Waals surface area contributed by atoms with Crippen molar-refractivity contribution in [1.82, 2.24) is 0 Å². The molecule has 1 aliphatic heterocycles. The minimum atomic E-state index is -0.0877. The van der Waals surface area contributed by atoms with Gasteiger partial charge < -0.3 is 4.74 Å². The van der Waals surface area contributed by atoms with Gasteiger partial charge in [-0.25, -0.2) is 0 Å². The van der Waals surface area contributed by atoms with Crippen molar-refractivity contribution in [1.29, 1.82) is 5.26 Å². The molecule has 0 saturated carbocycles. The molecule has 2 nitrogen and oxygen atoms in total. The Hall–Kier alpha value is -1.85. The first-order valence-electron chi connectivity index (χ1n) is 5.79. The van der Waals surface area contributed by atoms with Gasteiger partial charge in [-0.2, -0.15) is 5.26 Å². The van der Waals surface area contributed by atoms with E-state index in [4.69, 9.17) is 10.00 Å². The molecule has 0 atom stereocenters. The first kappa shape index (κ1) is 10.3. The molecule has 3 rings (SSSR count). The van der Waals surface area contributed by atoms with Crippen LogP contribution in [0.5, 0.6) is 0 Å². The van der Waals surface area contributed by atoms with Gasteiger partial charge in [0.05, 0.1) is 24.7 Å². The summed E-state index contributed by atoms with van der Waals surface area (Å²) in [4.78, 5) is 0. The van der Waals surface area contributed by atoms with Gasteiger partial charge >= 0.3 is 0 Å². The molecule has 0 unspecified atom stereocenters. The van der Waals surface area contributed by atoms with Gasteiger partial charge in [0.1, 0.15) is 0 Å². The number of hydrogen-bond donors (Lipinski definition) is 0. The van der Waals surface area contributed by atoms with Crippen molar-refractivity contribution < 1.29 is 4.74 Å². The quantitative estimate of drug-likeness (QED) is 0.784. The van der Waals surface area contributed by atoms with Crippen LogP contribution in [-0.4, -0.2) is 13.2 Å². The number of rotatable bonds is 2. The first-order chi connectivity index (χ1) is 8.36. The number of ether oxygens (including phenoxy) is 1. The molecule has 0 N–H and O–H groups in total. The maximum atomic E-state index is 8.99. The second kappa shape index (κ2) is 3.87. The van der Waals surface area contributed by atoms with E-state index >= 15 is 0 Å². The summed E-state index contributed by atoms with van der Waals surface area (Å²) in [7, 11) is 0. The lowest BCUT2D eigenvalue weighted by atomic mass is 9.74. The van der Waals surface area contributed by atoms with E-state index in [0.717, 1.165) is 0 Å². The van der Waals surface area contributed by atoms with Crippen molar-refractivity contribution in [3.63, 3.8) is 0 Å². The fraction of sp³-hybridized carbons (Fsp3) is 0.267. The highest BCUT2D eigenvalue weighted by Crippen LogP contribution is 2.39. The molecule has 84 valence electrons. The van der Waals surface area contributed by atoms with Crippen molar-refractivity contribution in [2.45, 2.75) is 11.8 Å². The van der Waals surface area contributed by atoms with Crippen LogP contribution in [0.1, 0.15) is 12.0 Å². The van der Waals surface area contributed by atoms with Crippen LogP contribution in [-0.2, 0) is 10.2 Å². The summed E-state index contributed by atoms with van der Waals surface area (Å²) in [5.41, 5.74) is 1.17. The predicted molar refractivity (Wildman–Crippen MR) is 66.7 cm³/mol. The Morgan fingerprint density at radius 2 is 1.88 bits per heavy atom. The normalized spacial score (nSPS) is 17.4. The standard InChI is InChI=1S/C15H13NO/c16-9-8-15(10-17-11-15)14-7-3-5-12-4-1-2-6-13(12)14/h1-7H,8,10-11H2. The third-order valence-electron chi connectivity index (χ3n) is 3.54. The number of nitriles is 1. The van der Waals surface area contributed by atoms with E-state index in [1.807, 2.05) is 12.1 Å². The van der Waals surface area contributed by atoms with Crippen LogP contribution in [0, 0.1) is 11.3 Å². The highest BCUT2D eigenvalue weighted by molar-refractivity contribution is 5.86. The fourth-order valence-corrected chi connectivity index (χ4v) is 2.54. The van der Waals surface area contributed by atoms with E-state index in [2.05, 4.69) is 36.4 Å². The molecular weight excluding hydrogens is 210 g/mol. The average molecular weight is 223 g/mol. The Balaban J connectivity index is 2.20. The molecule has 1 saturated heterocycles. The maximum absolute atomic E-state index is 8.99. The lowest BCUT2D eigenvalue weighted by Gasteiger charge is -2.40. The van der Waals surface area contributed by atoms with Crippen LogP contribution in [0.4, 0.5) is 0 Å². The second-order valence-corrected chi connectivity index (χ2v) is 4.63. The molecule has 0 radical (unpaired) electrons. The molecule has 0 aromatic heterocycles. The zero-order valence-electron chi connectivity index (χ0n) is 9.52. The van der Waals surface area contributed by atoms with E-state index in [-0.39, 0.29) is 5.41 Å². The third kappa shape index (κ3) is 1.51. The van der Waals surface area contributed by atoms with Crippen LogP contribution in [0.2, 0.25) is 0 Å². The molecule has 1 aliphatic rings. The van der Waals surface area contributed by atoms with Gasteiger partial charge in [0.15, 0.2) is 0 Å². The van der Waals surface area contributed by atoms with Crippen molar-refractivity contribution in [2.75, 3.05) is 13.2 Å². The van der Waals surface area contributed by atoms with Gasteiger partial charge in [-0.1, -0.05) is 42.5 Å². The van der Waals surface area contributed by atoms with Gasteiger partial charge in [-0.15, -0.1) is 0 Å². The zero-order valence-corrected chi connectivity index (χ0v) is 9.52. The highest BCUT2D eigenvalue weighted by Gasteiger charge is 2.41. The maximum Gasteiger partial charge on any atom is 0.0632 e. The minimum Gasteiger partial charge on any atom is -0.379 e. The monoisotopic (exact) mass is 223 g/mol. The first-order valence-corrected chi connectivity index (χ1v) is 5.79. The fourth-order valence-electron chi connectivity index (χ4n) is 2.54. The topological polar surface area (TPSA) is 33.0 Å². The highest BCUT2D eigenvalue weighted by atomic mass is 16.5. The molecule has 1 heterocycles. The Morgan fingerprint density at radius 1 is 1.12 bits per heavy atom. The summed E-state index contributed by atoms with van der Waals surface area (Å²) in [5, 5.41) is 11.5. The number of nitrogens with zero attached hydrogens (tertiary/aromatic N) is 1. The van der Waals surface area contributed by atoms with E-state index < -0.39 is 0 Å². The van der Waals surface area contributed by atoms with Crippen LogP contribution in [0.25, 0.3) is 10.8 Å². The largest absolute Gasteiger partial charge is 0.379 e. The van der Waals surface area contributed by atoms with E-state index in [0.29, 0.717) is 19.6 Å². The SMILES string of the molecule is N#CCC1(c2cccc3ccccc23)COC1. The van der Waals surface area contributed by atoms with Crippen molar-refractivity contribution >= 4 is 10.8 Å². The summed E-state index contributed by atoms with van der Waals surface area (Å²) in [6.45, 7) is 1.32. The van der Waals surface area contributed by atoms with Gasteiger partial charge in [0.25, 0.3) is 0 Å². The van der Waals surface area contributed by atoms with E-state index in [9.17, 15) is 0 Å². The van der Waals surface area contributed by atoms with Gasteiger partial charge in [-0.3, -0.25) is 0 Å². The smallest absolute Gasteiger partial charge is 0.0632 e. The van der Waals surface area contributed by atoms with Gasteiger partial charge in [0.2, 0.25) is 0 Å². The summed E-state index contributed by atoms with van der Waals surface area (Å²) >= 11 is 0. The average Bonchev–Trinajstić information content (AvgIpc) is 2.33. The summed E-state index contributed by atoms with van der Waals surface area (Å²) in [6, 6.07) is 16.9. The van der Waals surface area contributed by atoms with E-state index in [1.165, 1.54) is 16.3 Å². The molecule has 0 aliphatic carbocycles. The number of hydrogen-bond acceptors (Lipinski definition) is 2. The zero-order chi connectivity index (χ0) is 11.7. The minimum absolute atomic E-state index is 0.0877. The van der Waals surface area contributed by atoms with Crippen molar-refractivity contribution in [3.05, 3.63) is 48.0 Å². The van der Waals surface area contributed by atoms with Gasteiger partial charge in [0, 0.05) is 6.42 Å². The van der Waals surface area contributed by atoms with Crippen LogP contribution < -0.4 is 0 Å². The molecular formula is C15H13NO. The molecule has 2 aromatic rings.